The number of azide groups is 1. The minimum atomic E-state index is -1.71. The lowest BCUT2D eigenvalue weighted by atomic mass is 9.84. The predicted molar refractivity (Wildman–Crippen MR) is 171 cm³/mol. The third kappa shape index (κ3) is 8.92. The van der Waals surface area contributed by atoms with Crippen LogP contribution in [0.15, 0.2) is 65.8 Å². The van der Waals surface area contributed by atoms with Gasteiger partial charge in [-0.15, -0.1) is 0 Å². The van der Waals surface area contributed by atoms with E-state index < -0.39 is 91.7 Å². The van der Waals surface area contributed by atoms with Gasteiger partial charge in [0.1, 0.15) is 54.9 Å². The predicted octanol–water partition coefficient (Wildman–Crippen LogP) is -1.49. The van der Waals surface area contributed by atoms with E-state index >= 15 is 0 Å². The average molecular weight is 691 g/mol. The van der Waals surface area contributed by atoms with Crippen molar-refractivity contribution in [3.63, 3.8) is 0 Å². The van der Waals surface area contributed by atoms with Gasteiger partial charge in [-0.25, -0.2) is 0 Å². The Kier molecular flexibility index (Phi) is 13.3. The Morgan fingerprint density at radius 2 is 1.33 bits per heavy atom. The van der Waals surface area contributed by atoms with E-state index in [9.17, 15) is 31.1 Å². The molecule has 3 aliphatic rings. The van der Waals surface area contributed by atoms with Gasteiger partial charge in [-0.2, -0.15) is 0 Å². The standard InChI is InChI=1S/C32H46N6O11/c33-12-20-23(39)25(41)26(42)32(46-20)48-28-18(34)11-19(37-38-36)29(27(28)43)49-31-24(40)22(35)30(45-14-17-9-5-2-6-10-17)21(47-31)15-44-13-16-7-3-1-4-8-16/h1-10,18-32,39-43H,11-15,33-35H2/t18?,19-,20?,21?,22?,23-,24-,25+,26?,27+,28-,29?,30-,31-,32-/m1/s1. The first kappa shape index (κ1) is 37.4. The molecule has 2 heterocycles. The van der Waals surface area contributed by atoms with E-state index in [2.05, 4.69) is 10.0 Å². The van der Waals surface area contributed by atoms with Crippen molar-refractivity contribution < 1.29 is 54.0 Å². The molecule has 0 spiro atoms. The number of aliphatic hydroxyl groups excluding tert-OH is 5. The van der Waals surface area contributed by atoms with Crippen molar-refractivity contribution in [3.8, 4) is 0 Å². The van der Waals surface area contributed by atoms with Crippen LogP contribution in [-0.2, 0) is 41.6 Å². The number of nitrogens with two attached hydrogens (primary N) is 3. The summed E-state index contributed by atoms with van der Waals surface area (Å²) in [6.45, 7) is 0.251. The van der Waals surface area contributed by atoms with Crippen LogP contribution in [0.2, 0.25) is 0 Å². The molecular weight excluding hydrogens is 644 g/mol. The highest BCUT2D eigenvalue weighted by Crippen LogP contribution is 2.34. The molecule has 2 aromatic carbocycles. The van der Waals surface area contributed by atoms with Crippen molar-refractivity contribution in [1.82, 2.24) is 0 Å². The molecule has 2 aliphatic heterocycles. The van der Waals surface area contributed by atoms with Crippen LogP contribution in [0.3, 0.4) is 0 Å². The smallest absolute Gasteiger partial charge is 0.187 e. The molecule has 1 aliphatic carbocycles. The molecule has 0 aromatic heterocycles. The zero-order valence-electron chi connectivity index (χ0n) is 26.7. The van der Waals surface area contributed by atoms with Crippen LogP contribution in [0.5, 0.6) is 0 Å². The summed E-state index contributed by atoms with van der Waals surface area (Å²) in [4.78, 5) is 2.88. The molecule has 17 nitrogen and oxygen atoms in total. The van der Waals surface area contributed by atoms with E-state index in [-0.39, 0.29) is 32.8 Å². The maximum atomic E-state index is 11.5. The van der Waals surface area contributed by atoms with Gasteiger partial charge >= 0.3 is 0 Å². The molecule has 1 saturated carbocycles. The lowest BCUT2D eigenvalue weighted by Crippen LogP contribution is -2.67. The number of benzene rings is 2. The number of nitrogens with zero attached hydrogens (tertiary/aromatic N) is 3. The zero-order valence-corrected chi connectivity index (χ0v) is 26.7. The molecule has 11 N–H and O–H groups in total. The SMILES string of the molecule is [N-]=[N+]=N[C@@H]1CC(N)[C@@H](O[C@H]2OC(CN)[C@@H](O)[C@H](O)C2O)[C@H](O)C1O[C@H]1OC(COCc2ccccc2)[C@@H](OCc2ccccc2)C(N)[C@H]1O. The monoisotopic (exact) mass is 690 g/mol. The molecule has 15 atom stereocenters. The lowest BCUT2D eigenvalue weighted by molar-refractivity contribution is -0.334. The molecular formula is C32H46N6O11. The van der Waals surface area contributed by atoms with Crippen molar-refractivity contribution in [2.24, 2.45) is 22.3 Å². The van der Waals surface area contributed by atoms with Gasteiger partial charge in [0.2, 0.25) is 0 Å². The summed E-state index contributed by atoms with van der Waals surface area (Å²) in [7, 11) is 0. The summed E-state index contributed by atoms with van der Waals surface area (Å²) in [6.07, 6.45) is -16.3. The zero-order chi connectivity index (χ0) is 35.1. The van der Waals surface area contributed by atoms with Gasteiger partial charge < -0.3 is 71.2 Å². The lowest BCUT2D eigenvalue weighted by Gasteiger charge is -2.48. The topological polar surface area (TPSA) is 283 Å². The second-order valence-electron chi connectivity index (χ2n) is 12.5. The molecule has 5 rings (SSSR count). The van der Waals surface area contributed by atoms with Gasteiger partial charge in [0.15, 0.2) is 12.6 Å². The Labute approximate surface area is 283 Å². The highest BCUT2D eigenvalue weighted by molar-refractivity contribution is 5.14. The average Bonchev–Trinajstić information content (AvgIpc) is 3.11. The fraction of sp³-hybridized carbons (Fsp3) is 0.625. The molecule has 2 aromatic rings. The molecule has 2 saturated heterocycles. The Morgan fingerprint density at radius 1 is 0.735 bits per heavy atom. The molecule has 270 valence electrons. The maximum Gasteiger partial charge on any atom is 0.187 e. The Hall–Kier alpha value is -2.81. The highest BCUT2D eigenvalue weighted by atomic mass is 16.7. The maximum absolute atomic E-state index is 11.5. The fourth-order valence-electron chi connectivity index (χ4n) is 6.33. The first-order valence-corrected chi connectivity index (χ1v) is 16.2. The third-order valence-electron chi connectivity index (χ3n) is 9.08. The normalized spacial score (nSPS) is 39.6. The van der Waals surface area contributed by atoms with Gasteiger partial charge in [-0.05, 0) is 23.1 Å². The molecule has 0 bridgehead atoms. The van der Waals surface area contributed by atoms with Crippen LogP contribution in [0.4, 0.5) is 0 Å². The summed E-state index contributed by atoms with van der Waals surface area (Å²) in [5, 5.41) is 57.7. The van der Waals surface area contributed by atoms with Crippen molar-refractivity contribution >= 4 is 0 Å². The minimum absolute atomic E-state index is 0.00559. The molecule has 49 heavy (non-hydrogen) atoms. The molecule has 17 heteroatoms. The van der Waals surface area contributed by atoms with E-state index in [1.165, 1.54) is 0 Å². The third-order valence-corrected chi connectivity index (χ3v) is 9.08. The summed E-state index contributed by atoms with van der Waals surface area (Å²) < 4.78 is 35.9. The second-order valence-corrected chi connectivity index (χ2v) is 12.5. The van der Waals surface area contributed by atoms with Crippen molar-refractivity contribution in [2.45, 2.75) is 111 Å². The fourth-order valence-corrected chi connectivity index (χ4v) is 6.33. The second kappa shape index (κ2) is 17.4. The van der Waals surface area contributed by atoms with E-state index in [0.717, 1.165) is 11.1 Å². The summed E-state index contributed by atoms with van der Waals surface area (Å²) in [6, 6.07) is 15.9. The summed E-state index contributed by atoms with van der Waals surface area (Å²) in [5.41, 5.74) is 29.6. The van der Waals surface area contributed by atoms with E-state index in [1.54, 1.807) is 0 Å². The number of hydrogen-bond donors (Lipinski definition) is 8. The molecule has 0 amide bonds. The Morgan fingerprint density at radius 3 is 1.96 bits per heavy atom. The molecule has 0 radical (unpaired) electrons. The van der Waals surface area contributed by atoms with Crippen molar-refractivity contribution in [1.29, 1.82) is 0 Å². The van der Waals surface area contributed by atoms with Crippen LogP contribution < -0.4 is 17.2 Å². The highest BCUT2D eigenvalue weighted by Gasteiger charge is 2.52. The minimum Gasteiger partial charge on any atom is -0.388 e. The van der Waals surface area contributed by atoms with Gasteiger partial charge in [0, 0.05) is 17.5 Å². The summed E-state index contributed by atoms with van der Waals surface area (Å²) >= 11 is 0. The van der Waals surface area contributed by atoms with Gasteiger partial charge in [-0.1, -0.05) is 65.8 Å². The Bertz CT molecular complexity index is 1350. The van der Waals surface area contributed by atoms with Gasteiger partial charge in [-0.3, -0.25) is 0 Å². The van der Waals surface area contributed by atoms with Crippen LogP contribution in [0.1, 0.15) is 17.5 Å². The van der Waals surface area contributed by atoms with E-state index in [4.69, 9.17) is 45.6 Å². The summed E-state index contributed by atoms with van der Waals surface area (Å²) in [5.74, 6) is 0. The largest absolute Gasteiger partial charge is 0.388 e. The number of hydrogen-bond acceptors (Lipinski definition) is 15. The Balaban J connectivity index is 1.32. The van der Waals surface area contributed by atoms with Crippen LogP contribution in [0, 0.1) is 0 Å². The number of ether oxygens (including phenoxy) is 6. The van der Waals surface area contributed by atoms with E-state index in [0.29, 0.717) is 0 Å². The van der Waals surface area contributed by atoms with Crippen LogP contribution >= 0.6 is 0 Å². The van der Waals surface area contributed by atoms with Crippen molar-refractivity contribution in [2.75, 3.05) is 13.2 Å². The van der Waals surface area contributed by atoms with Gasteiger partial charge in [0.25, 0.3) is 0 Å². The van der Waals surface area contributed by atoms with Crippen LogP contribution in [0.25, 0.3) is 10.4 Å². The van der Waals surface area contributed by atoms with Crippen LogP contribution in [-0.4, -0.2) is 130 Å². The van der Waals surface area contributed by atoms with Gasteiger partial charge in [0.05, 0.1) is 38.0 Å². The quantitative estimate of drug-likeness (QED) is 0.0675. The van der Waals surface area contributed by atoms with E-state index in [1.807, 2.05) is 60.7 Å². The molecule has 6 unspecified atom stereocenters. The molecule has 3 fully saturated rings. The first-order chi connectivity index (χ1) is 23.6. The van der Waals surface area contributed by atoms with Crippen molar-refractivity contribution in [3.05, 3.63) is 82.2 Å². The first-order valence-electron chi connectivity index (χ1n) is 16.2. The number of aliphatic hydroxyl groups is 5. The number of rotatable bonds is 13.